The molecule has 0 amide bonds. The summed E-state index contributed by atoms with van der Waals surface area (Å²) >= 11 is 0. The molecule has 1 saturated heterocycles. The Morgan fingerprint density at radius 2 is 2.05 bits per heavy atom. The first kappa shape index (κ1) is 15.7. The van der Waals surface area contributed by atoms with Gasteiger partial charge in [-0.25, -0.2) is 0 Å². The van der Waals surface area contributed by atoms with Gasteiger partial charge >= 0.3 is 12.1 Å². The van der Waals surface area contributed by atoms with Crippen LogP contribution in [0, 0.1) is 5.41 Å². The average Bonchev–Trinajstić information content (AvgIpc) is 2.46. The molecule has 21 heavy (non-hydrogen) atoms. The molecular weight excluding hydrogens is 283 g/mol. The number of alkyl halides is 3. The highest BCUT2D eigenvalue weighted by atomic mass is 19.4. The van der Waals surface area contributed by atoms with Gasteiger partial charge in [0.25, 0.3) is 0 Å². The van der Waals surface area contributed by atoms with Gasteiger partial charge in [0.15, 0.2) is 0 Å². The van der Waals surface area contributed by atoms with Crippen molar-refractivity contribution in [1.82, 2.24) is 0 Å². The molecule has 1 unspecified atom stereocenters. The van der Waals surface area contributed by atoms with Gasteiger partial charge in [-0.3, -0.25) is 4.79 Å². The van der Waals surface area contributed by atoms with Crippen LogP contribution >= 0.6 is 0 Å². The fraction of sp³-hybridized carbons (Fsp3) is 0.533. The topological polar surface area (TPSA) is 40.5 Å². The molecule has 6 heteroatoms. The third-order valence-electron chi connectivity index (χ3n) is 4.26. The van der Waals surface area contributed by atoms with Crippen LogP contribution in [0.2, 0.25) is 0 Å². The Morgan fingerprint density at radius 3 is 2.62 bits per heavy atom. The maximum atomic E-state index is 13.1. The Kier molecular flexibility index (Phi) is 4.16. The first-order valence-electron chi connectivity index (χ1n) is 6.95. The van der Waals surface area contributed by atoms with E-state index >= 15 is 0 Å². The number of carboxylic acids is 1. The Morgan fingerprint density at radius 1 is 1.38 bits per heavy atom. The lowest BCUT2D eigenvalue weighted by atomic mass is 9.77. The monoisotopic (exact) mass is 301 g/mol. The Labute approximate surface area is 121 Å². The number of carbonyl (C=O) groups is 1. The number of piperidine rings is 1. The predicted molar refractivity (Wildman–Crippen MR) is 73.3 cm³/mol. The summed E-state index contributed by atoms with van der Waals surface area (Å²) in [6, 6.07) is 5.35. The van der Waals surface area contributed by atoms with Crippen LogP contribution in [0.25, 0.3) is 0 Å². The van der Waals surface area contributed by atoms with E-state index in [0.29, 0.717) is 25.8 Å². The van der Waals surface area contributed by atoms with Crippen molar-refractivity contribution >= 4 is 11.7 Å². The second-order valence-corrected chi connectivity index (χ2v) is 5.48. The van der Waals surface area contributed by atoms with E-state index in [1.807, 2.05) is 0 Å². The molecule has 0 spiro atoms. The summed E-state index contributed by atoms with van der Waals surface area (Å²) in [5.41, 5.74) is -1.59. The molecule has 0 aromatic heterocycles. The van der Waals surface area contributed by atoms with Gasteiger partial charge in [0.05, 0.1) is 11.0 Å². The summed E-state index contributed by atoms with van der Waals surface area (Å²) in [5, 5.41) is 9.43. The average molecular weight is 301 g/mol. The molecule has 1 aliphatic rings. The summed E-state index contributed by atoms with van der Waals surface area (Å²) in [6.07, 6.45) is -2.95. The highest BCUT2D eigenvalue weighted by Gasteiger charge is 2.43. The van der Waals surface area contributed by atoms with Crippen molar-refractivity contribution in [2.45, 2.75) is 32.4 Å². The zero-order valence-corrected chi connectivity index (χ0v) is 11.8. The minimum atomic E-state index is -4.44. The van der Waals surface area contributed by atoms with Crippen LogP contribution in [0.4, 0.5) is 18.9 Å². The van der Waals surface area contributed by atoms with Gasteiger partial charge in [-0.2, -0.15) is 13.2 Å². The van der Waals surface area contributed by atoms with Gasteiger partial charge in [0.2, 0.25) is 0 Å². The van der Waals surface area contributed by atoms with E-state index in [1.165, 1.54) is 12.1 Å². The lowest BCUT2D eigenvalue weighted by Crippen LogP contribution is -2.48. The molecule has 0 aliphatic carbocycles. The molecule has 1 aromatic rings. The maximum Gasteiger partial charge on any atom is 0.418 e. The summed E-state index contributed by atoms with van der Waals surface area (Å²) in [5.74, 6) is -0.931. The lowest BCUT2D eigenvalue weighted by molar-refractivity contribution is -0.149. The van der Waals surface area contributed by atoms with Gasteiger partial charge in [0.1, 0.15) is 0 Å². The van der Waals surface area contributed by atoms with Crippen LogP contribution in [0.5, 0.6) is 0 Å². The molecular formula is C15H18F3NO2. The number of para-hydroxylation sites is 1. The van der Waals surface area contributed by atoms with E-state index in [2.05, 4.69) is 0 Å². The molecule has 0 saturated carbocycles. The second-order valence-electron chi connectivity index (χ2n) is 5.48. The van der Waals surface area contributed by atoms with Gasteiger partial charge in [-0.1, -0.05) is 19.1 Å². The molecule has 0 bridgehead atoms. The van der Waals surface area contributed by atoms with Gasteiger partial charge in [-0.15, -0.1) is 0 Å². The van der Waals surface area contributed by atoms with Crippen molar-refractivity contribution in [3.05, 3.63) is 29.8 Å². The number of nitrogens with zero attached hydrogens (tertiary/aromatic N) is 1. The highest BCUT2D eigenvalue weighted by Crippen LogP contribution is 2.41. The predicted octanol–water partition coefficient (Wildman–Crippen LogP) is 3.79. The number of hydrogen-bond acceptors (Lipinski definition) is 2. The van der Waals surface area contributed by atoms with Crippen molar-refractivity contribution in [3.63, 3.8) is 0 Å². The standard InChI is InChI=1S/C15H18F3NO2/c1-2-14(13(20)21)8-5-9-19(10-14)12-7-4-3-6-11(12)15(16,17)18/h3-4,6-7H,2,5,8-10H2,1H3,(H,20,21). The normalized spacial score (nSPS) is 23.1. The summed E-state index contributed by atoms with van der Waals surface area (Å²) in [4.78, 5) is 13.1. The molecule has 1 fully saturated rings. The molecule has 1 aliphatic heterocycles. The van der Waals surface area contributed by atoms with Crippen LogP contribution in [-0.4, -0.2) is 24.2 Å². The van der Waals surface area contributed by atoms with E-state index in [1.54, 1.807) is 17.9 Å². The van der Waals surface area contributed by atoms with Crippen LogP contribution in [0.3, 0.4) is 0 Å². The van der Waals surface area contributed by atoms with E-state index < -0.39 is 23.1 Å². The third-order valence-corrected chi connectivity index (χ3v) is 4.26. The fourth-order valence-electron chi connectivity index (χ4n) is 2.94. The number of rotatable bonds is 3. The van der Waals surface area contributed by atoms with Gasteiger partial charge < -0.3 is 10.0 Å². The number of halogens is 3. The first-order valence-corrected chi connectivity index (χ1v) is 6.95. The van der Waals surface area contributed by atoms with Gasteiger partial charge in [0, 0.05) is 18.8 Å². The van der Waals surface area contributed by atoms with E-state index in [9.17, 15) is 23.1 Å². The smallest absolute Gasteiger partial charge is 0.418 e. The van der Waals surface area contributed by atoms with Crippen molar-refractivity contribution in [2.24, 2.45) is 5.41 Å². The number of carboxylic acid groups (broad SMARTS) is 1. The molecule has 1 heterocycles. The maximum absolute atomic E-state index is 13.1. The summed E-state index contributed by atoms with van der Waals surface area (Å²) < 4.78 is 39.3. The van der Waals surface area contributed by atoms with Crippen LogP contribution in [0.15, 0.2) is 24.3 Å². The number of benzene rings is 1. The molecule has 1 aromatic carbocycles. The minimum Gasteiger partial charge on any atom is -0.481 e. The minimum absolute atomic E-state index is 0.0729. The van der Waals surface area contributed by atoms with E-state index in [-0.39, 0.29) is 12.2 Å². The molecule has 3 nitrogen and oxygen atoms in total. The van der Waals surface area contributed by atoms with Crippen LogP contribution < -0.4 is 4.90 Å². The lowest BCUT2D eigenvalue weighted by Gasteiger charge is -2.41. The van der Waals surface area contributed by atoms with Crippen molar-refractivity contribution in [1.29, 1.82) is 0 Å². The molecule has 1 N–H and O–H groups in total. The molecule has 1 atom stereocenters. The van der Waals surface area contributed by atoms with Crippen LogP contribution in [0.1, 0.15) is 31.7 Å². The molecule has 2 rings (SSSR count). The number of hydrogen-bond donors (Lipinski definition) is 1. The summed E-state index contributed by atoms with van der Waals surface area (Å²) in [7, 11) is 0. The fourth-order valence-corrected chi connectivity index (χ4v) is 2.94. The zero-order valence-electron chi connectivity index (χ0n) is 11.8. The Hall–Kier alpha value is -1.72. The zero-order chi connectivity index (χ0) is 15.7. The second kappa shape index (κ2) is 5.58. The number of aliphatic carboxylic acids is 1. The van der Waals surface area contributed by atoms with Gasteiger partial charge in [-0.05, 0) is 31.4 Å². The third kappa shape index (κ3) is 2.99. The largest absolute Gasteiger partial charge is 0.481 e. The molecule has 0 radical (unpaired) electrons. The van der Waals surface area contributed by atoms with E-state index in [4.69, 9.17) is 0 Å². The van der Waals surface area contributed by atoms with E-state index in [0.717, 1.165) is 6.07 Å². The SMILES string of the molecule is CCC1(C(=O)O)CCCN(c2ccccc2C(F)(F)F)C1. The van der Waals surface area contributed by atoms with Crippen LogP contribution in [-0.2, 0) is 11.0 Å². The summed E-state index contributed by atoms with van der Waals surface area (Å²) in [6.45, 7) is 2.33. The van der Waals surface area contributed by atoms with Crippen molar-refractivity contribution < 1.29 is 23.1 Å². The Bertz CT molecular complexity index is 530. The highest BCUT2D eigenvalue weighted by molar-refractivity contribution is 5.76. The molecule has 116 valence electrons. The Balaban J connectivity index is 2.37. The van der Waals surface area contributed by atoms with Crippen molar-refractivity contribution in [3.8, 4) is 0 Å². The quantitative estimate of drug-likeness (QED) is 0.923. The number of anilines is 1. The van der Waals surface area contributed by atoms with Crippen molar-refractivity contribution in [2.75, 3.05) is 18.0 Å². The first-order chi connectivity index (χ1) is 9.80.